The Bertz CT molecular complexity index is 968. The Morgan fingerprint density at radius 2 is 1.79 bits per heavy atom. The highest BCUT2D eigenvalue weighted by Crippen LogP contribution is 2.49. The van der Waals surface area contributed by atoms with Gasteiger partial charge in [-0.1, -0.05) is 47.0 Å². The lowest BCUT2D eigenvalue weighted by atomic mass is 9.82. The number of rotatable bonds is 4. The number of carbonyl (C=O) groups excluding carboxylic acids is 1. The van der Waals surface area contributed by atoms with Crippen molar-refractivity contribution < 1.29 is 15.0 Å². The van der Waals surface area contributed by atoms with Crippen molar-refractivity contribution in [3.05, 3.63) is 62.6 Å². The smallest absolute Gasteiger partial charge is 0.242 e. The van der Waals surface area contributed by atoms with E-state index in [1.807, 2.05) is 32.0 Å². The van der Waals surface area contributed by atoms with Gasteiger partial charge in [-0.2, -0.15) is 0 Å². The zero-order valence-corrected chi connectivity index (χ0v) is 17.6. The number of amides is 1. The minimum Gasteiger partial charge on any atom is -0.507 e. The van der Waals surface area contributed by atoms with Crippen LogP contribution < -0.4 is 10.9 Å². The topological polar surface area (TPSA) is 84.8 Å². The number of phenols is 1. The molecule has 0 spiro atoms. The van der Waals surface area contributed by atoms with Crippen LogP contribution in [0.4, 0.5) is 0 Å². The van der Waals surface area contributed by atoms with Crippen molar-refractivity contribution in [2.75, 3.05) is 13.2 Å². The average Bonchev–Trinajstić information content (AvgIpc) is 3.21. The van der Waals surface area contributed by atoms with Gasteiger partial charge in [0.15, 0.2) is 0 Å². The quantitative estimate of drug-likeness (QED) is 0.592. The van der Waals surface area contributed by atoms with Gasteiger partial charge in [0.2, 0.25) is 5.91 Å². The molecule has 2 aliphatic heterocycles. The Hall–Kier alpha value is -1.83. The lowest BCUT2D eigenvalue weighted by Gasteiger charge is -2.31. The minimum absolute atomic E-state index is 0.0982. The molecule has 0 bridgehead atoms. The predicted octanol–water partition coefficient (Wildman–Crippen LogP) is 3.03. The Morgan fingerprint density at radius 3 is 2.48 bits per heavy atom. The second kappa shape index (κ2) is 7.78. The first-order valence-corrected chi connectivity index (χ1v) is 10.3. The Labute approximate surface area is 179 Å². The molecular weight excluding hydrogens is 413 g/mol. The summed E-state index contributed by atoms with van der Waals surface area (Å²) in [6.45, 7) is 3.91. The number of nitrogens with one attached hydrogen (secondary N) is 2. The molecule has 2 fully saturated rings. The Kier molecular flexibility index (Phi) is 5.48. The van der Waals surface area contributed by atoms with Crippen LogP contribution in [-0.4, -0.2) is 40.2 Å². The number of fused-ring (bicyclic) bond motifs is 1. The molecule has 6 nitrogen and oxygen atoms in total. The van der Waals surface area contributed by atoms with Crippen LogP contribution in [0, 0.1) is 19.8 Å². The summed E-state index contributed by atoms with van der Waals surface area (Å²) in [6, 6.07) is 8.09. The van der Waals surface area contributed by atoms with Crippen LogP contribution in [0.5, 0.6) is 5.75 Å². The molecule has 1 amide bonds. The number of aliphatic hydroxyl groups excluding tert-OH is 1. The van der Waals surface area contributed by atoms with E-state index in [9.17, 15) is 15.0 Å². The van der Waals surface area contributed by atoms with Gasteiger partial charge in [-0.05, 0) is 37.1 Å². The van der Waals surface area contributed by atoms with Crippen LogP contribution in [-0.2, 0) is 4.79 Å². The van der Waals surface area contributed by atoms with Crippen molar-refractivity contribution in [1.29, 1.82) is 0 Å². The van der Waals surface area contributed by atoms with E-state index in [0.717, 1.165) is 22.3 Å². The second-order valence-electron chi connectivity index (χ2n) is 7.71. The zero-order valence-electron chi connectivity index (χ0n) is 16.1. The highest BCUT2D eigenvalue weighted by atomic mass is 35.5. The molecule has 0 radical (unpaired) electrons. The van der Waals surface area contributed by atoms with E-state index < -0.39 is 6.04 Å². The maximum atomic E-state index is 13.1. The molecular formula is C21H23Cl2N3O3. The normalized spacial score (nSPS) is 26.2. The molecule has 2 aromatic carbocycles. The number of β-amino-alcohol motifs (C(OH)–C–C–N with tert-alkyl or cyclic N) is 1. The van der Waals surface area contributed by atoms with Crippen molar-refractivity contribution in [3.63, 3.8) is 0 Å². The van der Waals surface area contributed by atoms with E-state index in [1.165, 1.54) is 0 Å². The van der Waals surface area contributed by atoms with Crippen molar-refractivity contribution in [2.24, 2.45) is 5.92 Å². The van der Waals surface area contributed by atoms with E-state index >= 15 is 0 Å². The number of hydrogen-bond acceptors (Lipinski definition) is 5. The number of phenolic OH excluding ortho intramolecular Hbond substituents is 1. The van der Waals surface area contributed by atoms with Crippen LogP contribution in [0.2, 0.25) is 10.0 Å². The highest BCUT2D eigenvalue weighted by Gasteiger charge is 2.55. The van der Waals surface area contributed by atoms with E-state index in [1.54, 1.807) is 17.0 Å². The first-order chi connectivity index (χ1) is 13.8. The molecule has 4 unspecified atom stereocenters. The molecule has 0 aromatic heterocycles. The molecule has 2 heterocycles. The number of hydrazine groups is 1. The number of nitrogens with zero attached hydrogens (tertiary/aromatic N) is 1. The third kappa shape index (κ3) is 3.39. The first-order valence-electron chi connectivity index (χ1n) is 9.51. The van der Waals surface area contributed by atoms with Gasteiger partial charge in [0, 0.05) is 18.0 Å². The average molecular weight is 436 g/mol. The minimum atomic E-state index is -0.480. The molecule has 2 saturated heterocycles. The lowest BCUT2D eigenvalue weighted by molar-refractivity contribution is -0.131. The Balaban J connectivity index is 1.83. The van der Waals surface area contributed by atoms with E-state index in [2.05, 4.69) is 10.9 Å². The van der Waals surface area contributed by atoms with Crippen molar-refractivity contribution >= 4 is 29.1 Å². The maximum Gasteiger partial charge on any atom is 0.242 e. The molecule has 29 heavy (non-hydrogen) atoms. The van der Waals surface area contributed by atoms with Crippen LogP contribution >= 0.6 is 23.2 Å². The van der Waals surface area contributed by atoms with E-state index in [4.69, 9.17) is 23.2 Å². The van der Waals surface area contributed by atoms with Gasteiger partial charge in [0.05, 0.1) is 28.7 Å². The van der Waals surface area contributed by atoms with Crippen LogP contribution in [0.1, 0.15) is 34.3 Å². The highest BCUT2D eigenvalue weighted by molar-refractivity contribution is 6.42. The fourth-order valence-electron chi connectivity index (χ4n) is 4.65. The van der Waals surface area contributed by atoms with Gasteiger partial charge in [0.1, 0.15) is 11.8 Å². The predicted molar refractivity (Wildman–Crippen MR) is 112 cm³/mol. The van der Waals surface area contributed by atoms with Gasteiger partial charge < -0.3 is 15.1 Å². The van der Waals surface area contributed by atoms with Crippen LogP contribution in [0.3, 0.4) is 0 Å². The lowest BCUT2D eigenvalue weighted by Crippen LogP contribution is -2.42. The number of carbonyl (C=O) groups is 1. The first kappa shape index (κ1) is 20.4. The second-order valence-corrected chi connectivity index (χ2v) is 8.53. The summed E-state index contributed by atoms with van der Waals surface area (Å²) in [5.74, 6) is -0.0890. The molecule has 8 heteroatoms. The van der Waals surface area contributed by atoms with E-state index in [-0.39, 0.29) is 42.8 Å². The number of benzene rings is 2. The van der Waals surface area contributed by atoms with Gasteiger partial charge in [-0.3, -0.25) is 4.79 Å². The third-order valence-electron chi connectivity index (χ3n) is 5.85. The van der Waals surface area contributed by atoms with Crippen LogP contribution in [0.25, 0.3) is 0 Å². The molecule has 2 aromatic rings. The van der Waals surface area contributed by atoms with Crippen LogP contribution in [0.15, 0.2) is 30.3 Å². The SMILES string of the molecule is Cc1cc(C)c(O)c(C2NNC3C(=O)N(CCO)C(c4ccc(Cl)c(Cl)c4)C32)c1. The molecule has 4 N–H and O–H groups in total. The molecule has 0 aliphatic carbocycles. The standard InChI is InChI=1S/C21H23Cl2N3O3/c1-10-7-11(2)20(28)13(8-10)17-16-18(25-24-17)21(29)26(5-6-27)19(16)12-3-4-14(22)15(23)9-12/h3-4,7-9,16-19,24-25,27-28H,5-6H2,1-2H3. The monoisotopic (exact) mass is 435 g/mol. The summed E-state index contributed by atoms with van der Waals surface area (Å²) in [5, 5.41) is 21.1. The zero-order chi connectivity index (χ0) is 20.9. The number of aryl methyl sites for hydroxylation is 2. The summed E-state index contributed by atoms with van der Waals surface area (Å²) in [6.07, 6.45) is 0. The largest absolute Gasteiger partial charge is 0.507 e. The summed E-state index contributed by atoms with van der Waals surface area (Å²) in [7, 11) is 0. The van der Waals surface area contributed by atoms with Crippen molar-refractivity contribution in [3.8, 4) is 5.75 Å². The van der Waals surface area contributed by atoms with Crippen molar-refractivity contribution in [2.45, 2.75) is 32.0 Å². The maximum absolute atomic E-state index is 13.1. The number of hydrogen-bond donors (Lipinski definition) is 4. The molecule has 4 atom stereocenters. The number of aliphatic hydroxyl groups is 1. The summed E-state index contributed by atoms with van der Waals surface area (Å²) in [4.78, 5) is 14.8. The third-order valence-corrected chi connectivity index (χ3v) is 6.59. The molecule has 2 aliphatic rings. The van der Waals surface area contributed by atoms with E-state index in [0.29, 0.717) is 10.0 Å². The van der Waals surface area contributed by atoms with Gasteiger partial charge >= 0.3 is 0 Å². The summed E-state index contributed by atoms with van der Waals surface area (Å²) >= 11 is 12.4. The van der Waals surface area contributed by atoms with Gasteiger partial charge in [-0.15, -0.1) is 0 Å². The fourth-order valence-corrected chi connectivity index (χ4v) is 4.96. The summed E-state index contributed by atoms with van der Waals surface area (Å²) < 4.78 is 0. The number of halogens is 2. The molecule has 154 valence electrons. The summed E-state index contributed by atoms with van der Waals surface area (Å²) in [5.41, 5.74) is 9.71. The van der Waals surface area contributed by atoms with Crippen molar-refractivity contribution in [1.82, 2.24) is 15.8 Å². The number of aromatic hydroxyl groups is 1. The fraction of sp³-hybridized carbons (Fsp3) is 0.381. The molecule has 0 saturated carbocycles. The molecule has 4 rings (SSSR count). The van der Waals surface area contributed by atoms with Gasteiger partial charge in [-0.25, -0.2) is 10.9 Å². The Morgan fingerprint density at radius 1 is 1.07 bits per heavy atom. The van der Waals surface area contributed by atoms with Gasteiger partial charge in [0.25, 0.3) is 0 Å². The number of likely N-dealkylation sites (tertiary alicyclic amines) is 1.